The van der Waals surface area contributed by atoms with E-state index in [2.05, 4.69) is 38.9 Å². The van der Waals surface area contributed by atoms with Crippen molar-refractivity contribution in [3.05, 3.63) is 18.0 Å². The quantitative estimate of drug-likeness (QED) is 0.467. The molecule has 0 N–H and O–H groups in total. The molecule has 0 radical (unpaired) electrons. The second-order valence-corrected chi connectivity index (χ2v) is 13.7. The molecule has 2 unspecified atom stereocenters. The Labute approximate surface area is 212 Å². The molecule has 5 rings (SSSR count). The minimum absolute atomic E-state index is 0.277. The van der Waals surface area contributed by atoms with Crippen LogP contribution >= 0.6 is 0 Å². The standard InChI is InChI=1S/C30H47N3O2/c1-27-12-10-23-24-7-8-26(30(4,35-6)20-33-18-22(16-31)17-32-33)28(24,2)13-11-25(23)29(27,3)14-9-21(15-27)19-34-5/h17-18,21,23-26H,7-15,19-20H2,1-6H3/t21-,23-,24?,25?,26-,27+,28-,29+,30-/m0/s1. The molecule has 0 bridgehead atoms. The summed E-state index contributed by atoms with van der Waals surface area (Å²) in [7, 11) is 3.75. The van der Waals surface area contributed by atoms with Crippen molar-refractivity contribution in [3.8, 4) is 6.07 Å². The van der Waals surface area contributed by atoms with Gasteiger partial charge in [-0.2, -0.15) is 10.4 Å². The van der Waals surface area contributed by atoms with Gasteiger partial charge < -0.3 is 9.47 Å². The number of nitriles is 1. The zero-order valence-electron chi connectivity index (χ0n) is 23.0. The van der Waals surface area contributed by atoms with Gasteiger partial charge in [-0.1, -0.05) is 20.8 Å². The maximum Gasteiger partial charge on any atom is 0.102 e. The molecule has 35 heavy (non-hydrogen) atoms. The maximum absolute atomic E-state index is 9.25. The molecule has 4 saturated carbocycles. The second kappa shape index (κ2) is 8.88. The fourth-order valence-corrected chi connectivity index (χ4v) is 10.3. The monoisotopic (exact) mass is 481 g/mol. The number of ether oxygens (including phenoxy) is 2. The fourth-order valence-electron chi connectivity index (χ4n) is 10.3. The van der Waals surface area contributed by atoms with E-state index in [1.54, 1.807) is 6.20 Å². The van der Waals surface area contributed by atoms with E-state index >= 15 is 0 Å². The molecule has 0 aliphatic heterocycles. The van der Waals surface area contributed by atoms with Crippen molar-refractivity contribution in [2.45, 2.75) is 97.6 Å². The molecule has 4 fully saturated rings. The lowest BCUT2D eigenvalue weighted by Gasteiger charge is -2.66. The van der Waals surface area contributed by atoms with Gasteiger partial charge in [-0.3, -0.25) is 4.68 Å². The summed E-state index contributed by atoms with van der Waals surface area (Å²) in [6, 6.07) is 2.21. The van der Waals surface area contributed by atoms with Crippen molar-refractivity contribution < 1.29 is 9.47 Å². The molecule has 1 heterocycles. The molecule has 1 aromatic rings. The Morgan fingerprint density at radius 2 is 1.89 bits per heavy atom. The first-order valence-corrected chi connectivity index (χ1v) is 14.1. The molecule has 9 atom stereocenters. The van der Waals surface area contributed by atoms with Crippen molar-refractivity contribution in [3.63, 3.8) is 0 Å². The largest absolute Gasteiger partial charge is 0.384 e. The Balaban J connectivity index is 1.38. The highest BCUT2D eigenvalue weighted by atomic mass is 16.5. The van der Waals surface area contributed by atoms with Gasteiger partial charge in [0.2, 0.25) is 0 Å². The lowest BCUT2D eigenvalue weighted by atomic mass is 9.39. The predicted molar refractivity (Wildman–Crippen MR) is 138 cm³/mol. The van der Waals surface area contributed by atoms with Gasteiger partial charge in [0.05, 0.1) is 23.9 Å². The van der Waals surface area contributed by atoms with Crippen LogP contribution < -0.4 is 0 Å². The average molecular weight is 482 g/mol. The third-order valence-corrected chi connectivity index (χ3v) is 12.3. The SMILES string of the molecule is COC[C@H]1CC[C@]2(C)C3CC[C@@]4(C)C(CC[C@@H]4[C@](C)(Cn4cc(C#N)cn4)OC)[C@@H]3CC[C@]2(C)C1. The maximum atomic E-state index is 9.25. The van der Waals surface area contributed by atoms with Crippen molar-refractivity contribution in [1.82, 2.24) is 9.78 Å². The van der Waals surface area contributed by atoms with Crippen LogP contribution in [0, 0.1) is 57.2 Å². The van der Waals surface area contributed by atoms with Gasteiger partial charge in [0.15, 0.2) is 0 Å². The molecule has 5 heteroatoms. The average Bonchev–Trinajstić information content (AvgIpc) is 3.43. The van der Waals surface area contributed by atoms with Gasteiger partial charge in [0.1, 0.15) is 6.07 Å². The van der Waals surface area contributed by atoms with Crippen LogP contribution in [0.5, 0.6) is 0 Å². The molecule has 4 aliphatic rings. The fraction of sp³-hybridized carbons (Fsp3) is 0.867. The number of fused-ring (bicyclic) bond motifs is 5. The van der Waals surface area contributed by atoms with Crippen LogP contribution in [0.2, 0.25) is 0 Å². The number of aromatic nitrogens is 2. The third kappa shape index (κ3) is 3.81. The first-order chi connectivity index (χ1) is 16.6. The van der Waals surface area contributed by atoms with E-state index in [0.717, 1.165) is 30.3 Å². The molecular weight excluding hydrogens is 434 g/mol. The van der Waals surface area contributed by atoms with E-state index in [-0.39, 0.29) is 5.60 Å². The van der Waals surface area contributed by atoms with Crippen molar-refractivity contribution in [2.24, 2.45) is 45.8 Å². The van der Waals surface area contributed by atoms with E-state index in [9.17, 15) is 5.26 Å². The highest BCUT2D eigenvalue weighted by Gasteiger charge is 2.65. The predicted octanol–water partition coefficient (Wildman–Crippen LogP) is 6.47. The van der Waals surface area contributed by atoms with Crippen LogP contribution in [0.15, 0.2) is 12.4 Å². The zero-order chi connectivity index (χ0) is 25.1. The van der Waals surface area contributed by atoms with Gasteiger partial charge in [0, 0.05) is 27.0 Å². The lowest BCUT2D eigenvalue weighted by molar-refractivity contribution is -0.177. The summed E-state index contributed by atoms with van der Waals surface area (Å²) in [4.78, 5) is 0. The highest BCUT2D eigenvalue weighted by Crippen LogP contribution is 2.72. The normalized spacial score (nSPS) is 44.5. The van der Waals surface area contributed by atoms with Crippen LogP contribution in [0.25, 0.3) is 0 Å². The minimum atomic E-state index is -0.277. The Morgan fingerprint density at radius 3 is 2.57 bits per heavy atom. The highest BCUT2D eigenvalue weighted by molar-refractivity contribution is 5.22. The van der Waals surface area contributed by atoms with E-state index < -0.39 is 0 Å². The number of methoxy groups -OCH3 is 2. The minimum Gasteiger partial charge on any atom is -0.384 e. The summed E-state index contributed by atoms with van der Waals surface area (Å²) in [5.41, 5.74) is 1.58. The van der Waals surface area contributed by atoms with Crippen LogP contribution in [0.4, 0.5) is 0 Å². The zero-order valence-corrected chi connectivity index (χ0v) is 23.0. The van der Waals surface area contributed by atoms with E-state index in [1.165, 1.54) is 57.8 Å². The first-order valence-electron chi connectivity index (χ1n) is 14.1. The molecular formula is C30H47N3O2. The van der Waals surface area contributed by atoms with Gasteiger partial charge in [-0.15, -0.1) is 0 Å². The van der Waals surface area contributed by atoms with Crippen LogP contribution in [-0.4, -0.2) is 36.2 Å². The summed E-state index contributed by atoms with van der Waals surface area (Å²) in [6.45, 7) is 11.8. The summed E-state index contributed by atoms with van der Waals surface area (Å²) < 4.78 is 13.8. The molecule has 0 aromatic carbocycles. The Morgan fingerprint density at radius 1 is 1.09 bits per heavy atom. The van der Waals surface area contributed by atoms with Gasteiger partial charge in [0.25, 0.3) is 0 Å². The smallest absolute Gasteiger partial charge is 0.102 e. The lowest BCUT2D eigenvalue weighted by Crippen LogP contribution is -2.59. The van der Waals surface area contributed by atoms with Crippen molar-refractivity contribution in [2.75, 3.05) is 20.8 Å². The summed E-state index contributed by atoms with van der Waals surface area (Å²) in [5, 5.41) is 13.7. The Bertz CT molecular complexity index is 969. The third-order valence-electron chi connectivity index (χ3n) is 12.3. The molecule has 0 saturated heterocycles. The summed E-state index contributed by atoms with van der Waals surface area (Å²) in [6.07, 6.45) is 15.6. The first kappa shape index (κ1) is 25.3. The Kier molecular flexibility index (Phi) is 6.41. The topological polar surface area (TPSA) is 60.1 Å². The Hall–Kier alpha value is -1.38. The van der Waals surface area contributed by atoms with E-state index in [4.69, 9.17) is 9.47 Å². The molecule has 4 aliphatic carbocycles. The number of rotatable bonds is 6. The van der Waals surface area contributed by atoms with Gasteiger partial charge in [-0.05, 0) is 111 Å². The molecule has 0 spiro atoms. The van der Waals surface area contributed by atoms with Crippen molar-refractivity contribution in [1.29, 1.82) is 5.26 Å². The number of hydrogen-bond donors (Lipinski definition) is 0. The summed E-state index contributed by atoms with van der Waals surface area (Å²) in [5.74, 6) is 3.77. The number of nitrogens with zero attached hydrogens (tertiary/aromatic N) is 3. The molecule has 5 nitrogen and oxygen atoms in total. The molecule has 1 aromatic heterocycles. The van der Waals surface area contributed by atoms with Crippen LogP contribution in [0.3, 0.4) is 0 Å². The van der Waals surface area contributed by atoms with Crippen LogP contribution in [-0.2, 0) is 16.0 Å². The molecule has 194 valence electrons. The van der Waals surface area contributed by atoms with Gasteiger partial charge in [-0.25, -0.2) is 0 Å². The number of hydrogen-bond acceptors (Lipinski definition) is 4. The molecule has 0 amide bonds. The van der Waals surface area contributed by atoms with E-state index in [1.807, 2.05) is 25.1 Å². The van der Waals surface area contributed by atoms with Gasteiger partial charge >= 0.3 is 0 Å². The summed E-state index contributed by atoms with van der Waals surface area (Å²) >= 11 is 0. The van der Waals surface area contributed by atoms with Crippen LogP contribution in [0.1, 0.15) is 91.0 Å². The second-order valence-electron chi connectivity index (χ2n) is 13.7. The van der Waals surface area contributed by atoms with Crippen molar-refractivity contribution >= 4 is 0 Å². The van der Waals surface area contributed by atoms with E-state index in [0.29, 0.717) is 34.3 Å².